The largest absolute Gasteiger partial charge is 0.444 e. The van der Waals surface area contributed by atoms with Crippen molar-refractivity contribution < 1.29 is 27.1 Å². The second kappa shape index (κ2) is 10.4. The lowest BCUT2D eigenvalue weighted by atomic mass is 10.0. The van der Waals surface area contributed by atoms with Crippen molar-refractivity contribution in [2.24, 2.45) is 0 Å². The monoisotopic (exact) mass is 499 g/mol. The molecule has 2 heterocycles. The lowest BCUT2D eigenvalue weighted by Gasteiger charge is -2.33. The van der Waals surface area contributed by atoms with E-state index in [4.69, 9.17) is 4.74 Å². The van der Waals surface area contributed by atoms with Gasteiger partial charge in [0.05, 0.1) is 34.3 Å². The first kappa shape index (κ1) is 26.1. The quantitative estimate of drug-likeness (QED) is 0.441. The maximum absolute atomic E-state index is 14.5. The number of ether oxygens (including phenoxy) is 1. The van der Waals surface area contributed by atoms with Crippen molar-refractivity contribution in [2.75, 3.05) is 32.0 Å². The zero-order valence-electron chi connectivity index (χ0n) is 19.6. The number of benzene rings is 1. The topological polar surface area (TPSA) is 53.6 Å². The molecule has 1 aromatic carbocycles. The molecule has 3 rings (SSSR count). The van der Waals surface area contributed by atoms with E-state index in [1.165, 1.54) is 0 Å². The minimum absolute atomic E-state index is 0.0706. The van der Waals surface area contributed by atoms with E-state index >= 15 is 0 Å². The summed E-state index contributed by atoms with van der Waals surface area (Å²) in [5.41, 5.74) is 0.0164. The summed E-state index contributed by atoms with van der Waals surface area (Å²) < 4.78 is 60.3. The first-order valence-corrected chi connectivity index (χ1v) is 11.8. The van der Waals surface area contributed by atoms with Gasteiger partial charge < -0.3 is 20.3 Å². The van der Waals surface area contributed by atoms with E-state index in [2.05, 4.69) is 22.5 Å². The summed E-state index contributed by atoms with van der Waals surface area (Å²) in [4.78, 5) is 13.9. The summed E-state index contributed by atoms with van der Waals surface area (Å²) in [5, 5.41) is 6.13. The molecule has 1 aliphatic heterocycles. The number of piperidine rings is 1. The van der Waals surface area contributed by atoms with Crippen LogP contribution in [0.1, 0.15) is 37.6 Å². The van der Waals surface area contributed by atoms with Crippen molar-refractivity contribution in [3.63, 3.8) is 0 Å². The second-order valence-electron chi connectivity index (χ2n) is 9.36. The molecule has 0 aliphatic carbocycles. The van der Waals surface area contributed by atoms with Crippen LogP contribution in [-0.2, 0) is 11.2 Å². The Morgan fingerprint density at radius 1 is 1.29 bits per heavy atom. The standard InChI is InChI=1S/C24H29F4N3O2S/c1-23(2,3)33-22(32)29-11-6-9-20-16(13-24(26,27)28)15-7-5-8-19(21(15)34-20)30-18-10-12-31(4)14-17(18)25/h5,7-8,17-18,30H,10-14H2,1-4H3,(H,29,32). The molecule has 0 bridgehead atoms. The minimum Gasteiger partial charge on any atom is -0.444 e. The molecule has 2 unspecified atom stereocenters. The number of likely N-dealkylation sites (tertiary alicyclic amines) is 1. The molecule has 5 nitrogen and oxygen atoms in total. The van der Waals surface area contributed by atoms with Crippen molar-refractivity contribution in [3.05, 3.63) is 28.6 Å². The highest BCUT2D eigenvalue weighted by Gasteiger charge is 2.32. The molecule has 0 radical (unpaired) electrons. The van der Waals surface area contributed by atoms with Gasteiger partial charge in [0.15, 0.2) is 0 Å². The second-order valence-corrected chi connectivity index (χ2v) is 10.4. The van der Waals surface area contributed by atoms with Gasteiger partial charge in [0.2, 0.25) is 0 Å². The Labute approximate surface area is 200 Å². The van der Waals surface area contributed by atoms with Crippen molar-refractivity contribution >= 4 is 33.2 Å². The molecule has 186 valence electrons. The molecule has 1 aromatic heterocycles. The van der Waals surface area contributed by atoms with E-state index in [-0.39, 0.29) is 17.0 Å². The predicted molar refractivity (Wildman–Crippen MR) is 127 cm³/mol. The maximum atomic E-state index is 14.5. The molecule has 2 atom stereocenters. The Balaban J connectivity index is 1.87. The van der Waals surface area contributed by atoms with E-state index in [1.807, 2.05) is 11.9 Å². The van der Waals surface area contributed by atoms with Gasteiger partial charge in [-0.3, -0.25) is 0 Å². The molecule has 1 amide bonds. The molecule has 2 N–H and O–H groups in total. The Kier molecular flexibility index (Phi) is 7.98. The van der Waals surface area contributed by atoms with Crippen LogP contribution in [0.15, 0.2) is 18.2 Å². The first-order chi connectivity index (χ1) is 15.8. The van der Waals surface area contributed by atoms with Crippen LogP contribution >= 0.6 is 11.3 Å². The lowest BCUT2D eigenvalue weighted by Crippen LogP contribution is -2.46. The molecule has 0 saturated carbocycles. The van der Waals surface area contributed by atoms with Gasteiger partial charge in [-0.05, 0) is 51.3 Å². The van der Waals surface area contributed by atoms with Crippen LogP contribution in [0.3, 0.4) is 0 Å². The number of hydrogen-bond acceptors (Lipinski definition) is 5. The van der Waals surface area contributed by atoms with Gasteiger partial charge in [0.25, 0.3) is 0 Å². The SMILES string of the molecule is CN1CCC(Nc2cccc3c(CC(F)(F)F)c(C#CCNC(=O)OC(C)(C)C)sc23)C(F)C1. The smallest absolute Gasteiger partial charge is 0.408 e. The summed E-state index contributed by atoms with van der Waals surface area (Å²) >= 11 is 1.14. The van der Waals surface area contributed by atoms with Gasteiger partial charge in [-0.2, -0.15) is 13.2 Å². The number of amides is 1. The van der Waals surface area contributed by atoms with Crippen LogP contribution in [0.5, 0.6) is 0 Å². The van der Waals surface area contributed by atoms with E-state index < -0.39 is 36.5 Å². The van der Waals surface area contributed by atoms with Crippen molar-refractivity contribution in [2.45, 2.75) is 57.6 Å². The van der Waals surface area contributed by atoms with Gasteiger partial charge >= 0.3 is 12.3 Å². The van der Waals surface area contributed by atoms with Crippen LogP contribution in [0.2, 0.25) is 0 Å². The van der Waals surface area contributed by atoms with E-state index in [0.29, 0.717) is 28.7 Å². The summed E-state index contributed by atoms with van der Waals surface area (Å²) in [7, 11) is 1.86. The van der Waals surface area contributed by atoms with Crippen molar-refractivity contribution in [1.82, 2.24) is 10.2 Å². The zero-order valence-corrected chi connectivity index (χ0v) is 20.4. The Morgan fingerprint density at radius 3 is 2.68 bits per heavy atom. The van der Waals surface area contributed by atoms with Gasteiger partial charge in [-0.15, -0.1) is 11.3 Å². The number of rotatable bonds is 4. The normalized spacial score (nSPS) is 19.4. The number of carbonyl (C=O) groups excluding carboxylic acids is 1. The fourth-order valence-corrected chi connectivity index (χ4v) is 4.91. The van der Waals surface area contributed by atoms with Gasteiger partial charge in [0, 0.05) is 13.1 Å². The van der Waals surface area contributed by atoms with Crippen LogP contribution in [-0.4, -0.2) is 61.7 Å². The summed E-state index contributed by atoms with van der Waals surface area (Å²) in [6, 6.07) is 4.63. The van der Waals surface area contributed by atoms with E-state index in [0.717, 1.165) is 17.9 Å². The van der Waals surface area contributed by atoms with Crippen LogP contribution in [0.25, 0.3) is 10.1 Å². The number of thiophene rings is 1. The highest BCUT2D eigenvalue weighted by molar-refractivity contribution is 7.20. The molecular weight excluding hydrogens is 470 g/mol. The number of alkyl halides is 4. The summed E-state index contributed by atoms with van der Waals surface area (Å²) in [6.07, 6.45) is -6.68. The van der Waals surface area contributed by atoms with Gasteiger partial charge in [0.1, 0.15) is 11.8 Å². The number of nitrogens with one attached hydrogen (secondary N) is 2. The summed E-state index contributed by atoms with van der Waals surface area (Å²) in [6.45, 7) is 6.14. The third-order valence-corrected chi connectivity index (χ3v) is 6.40. The molecule has 2 aromatic rings. The number of alkyl carbamates (subject to hydrolysis) is 1. The molecule has 0 spiro atoms. The third kappa shape index (κ3) is 7.24. The number of hydrogen-bond donors (Lipinski definition) is 2. The lowest BCUT2D eigenvalue weighted by molar-refractivity contribution is -0.126. The fourth-order valence-electron chi connectivity index (χ4n) is 3.74. The highest BCUT2D eigenvalue weighted by atomic mass is 32.1. The van der Waals surface area contributed by atoms with Crippen molar-refractivity contribution in [1.29, 1.82) is 0 Å². The summed E-state index contributed by atoms with van der Waals surface area (Å²) in [5.74, 6) is 5.49. The first-order valence-electron chi connectivity index (χ1n) is 11.0. The van der Waals surface area contributed by atoms with Crippen LogP contribution in [0.4, 0.5) is 28.0 Å². The predicted octanol–water partition coefficient (Wildman–Crippen LogP) is 5.34. The van der Waals surface area contributed by atoms with E-state index in [9.17, 15) is 22.4 Å². The average molecular weight is 500 g/mol. The molecule has 1 saturated heterocycles. The zero-order chi connectivity index (χ0) is 25.1. The molecular formula is C24H29F4N3O2S. The number of halogens is 4. The molecule has 10 heteroatoms. The fraction of sp³-hybridized carbons (Fsp3) is 0.542. The molecule has 34 heavy (non-hydrogen) atoms. The number of carbonyl (C=O) groups is 1. The number of nitrogens with zero attached hydrogens (tertiary/aromatic N) is 1. The molecule has 1 fully saturated rings. The number of anilines is 1. The van der Waals surface area contributed by atoms with Gasteiger partial charge in [-0.1, -0.05) is 24.0 Å². The third-order valence-electron chi connectivity index (χ3n) is 5.20. The van der Waals surface area contributed by atoms with E-state index in [1.54, 1.807) is 39.0 Å². The van der Waals surface area contributed by atoms with Gasteiger partial charge in [-0.25, -0.2) is 9.18 Å². The van der Waals surface area contributed by atoms with Crippen LogP contribution < -0.4 is 10.6 Å². The highest BCUT2D eigenvalue weighted by Crippen LogP contribution is 2.39. The Morgan fingerprint density at radius 2 is 2.03 bits per heavy atom. The van der Waals surface area contributed by atoms with Crippen molar-refractivity contribution in [3.8, 4) is 11.8 Å². The Hall–Kier alpha value is -2.51. The number of fused-ring (bicyclic) bond motifs is 1. The average Bonchev–Trinajstić information content (AvgIpc) is 3.03. The Bertz CT molecular complexity index is 1080. The maximum Gasteiger partial charge on any atom is 0.408 e. The van der Waals surface area contributed by atoms with Crippen LogP contribution in [0, 0.1) is 11.8 Å². The minimum atomic E-state index is -4.42. The molecule has 1 aliphatic rings.